The Morgan fingerprint density at radius 2 is 1.74 bits per heavy atom. The van der Waals surface area contributed by atoms with Crippen LogP contribution in [0.5, 0.6) is 0 Å². The molecule has 2 unspecified atom stereocenters. The highest BCUT2D eigenvalue weighted by atomic mass is 16.3. The number of piperidine rings is 1. The van der Waals surface area contributed by atoms with E-state index in [9.17, 15) is 9.90 Å². The van der Waals surface area contributed by atoms with Crippen LogP contribution in [0.4, 0.5) is 0 Å². The quantitative estimate of drug-likeness (QED) is 0.786. The van der Waals surface area contributed by atoms with Crippen molar-refractivity contribution in [3.05, 3.63) is 11.6 Å². The summed E-state index contributed by atoms with van der Waals surface area (Å²) in [4.78, 5) is 14.6. The normalized spacial score (nSPS) is 28.7. The van der Waals surface area contributed by atoms with Gasteiger partial charge in [-0.15, -0.1) is 0 Å². The van der Waals surface area contributed by atoms with Gasteiger partial charge in [-0.05, 0) is 38.0 Å². The van der Waals surface area contributed by atoms with Gasteiger partial charge >= 0.3 is 0 Å². The third kappa shape index (κ3) is 5.32. The molecule has 2 fully saturated rings. The van der Waals surface area contributed by atoms with Crippen molar-refractivity contribution < 1.29 is 9.90 Å². The molecule has 2 aliphatic rings. The second kappa shape index (κ2) is 7.80. The zero-order valence-electron chi connectivity index (χ0n) is 15.3. The topological polar surface area (TPSA) is 52.6 Å². The SMILES string of the molecule is CC(=CC(=O)NC1CCN(C2CCCCC2O)CC1)C(C)(C)C. The molecule has 1 heterocycles. The van der Waals surface area contributed by atoms with E-state index in [1.165, 1.54) is 6.42 Å². The van der Waals surface area contributed by atoms with E-state index >= 15 is 0 Å². The lowest BCUT2D eigenvalue weighted by molar-refractivity contribution is -0.117. The first-order valence-electron chi connectivity index (χ1n) is 9.19. The van der Waals surface area contributed by atoms with E-state index in [1.54, 1.807) is 6.08 Å². The zero-order chi connectivity index (χ0) is 17.0. The molecule has 0 radical (unpaired) electrons. The van der Waals surface area contributed by atoms with E-state index in [0.29, 0.717) is 6.04 Å². The summed E-state index contributed by atoms with van der Waals surface area (Å²) in [5, 5.41) is 13.3. The highest BCUT2D eigenvalue weighted by Gasteiger charge is 2.31. The summed E-state index contributed by atoms with van der Waals surface area (Å²) in [6.07, 6.45) is 8.00. The number of carbonyl (C=O) groups is 1. The molecule has 0 aromatic carbocycles. The molecule has 2 atom stereocenters. The molecule has 0 aromatic heterocycles. The molecule has 1 aliphatic carbocycles. The van der Waals surface area contributed by atoms with Gasteiger partial charge in [-0.2, -0.15) is 0 Å². The standard InChI is InChI=1S/C19H34N2O2/c1-14(19(2,3)4)13-18(23)20-15-9-11-21(12-10-15)16-7-5-6-8-17(16)22/h13,15-17,22H,5-12H2,1-4H3,(H,20,23). The Balaban J connectivity index is 1.79. The number of nitrogens with one attached hydrogen (secondary N) is 1. The van der Waals surface area contributed by atoms with Gasteiger partial charge in [0.15, 0.2) is 0 Å². The molecule has 132 valence electrons. The molecule has 2 rings (SSSR count). The first-order valence-corrected chi connectivity index (χ1v) is 9.19. The maximum absolute atomic E-state index is 12.2. The Bertz CT molecular complexity index is 431. The van der Waals surface area contributed by atoms with Gasteiger partial charge in [0.2, 0.25) is 5.91 Å². The highest BCUT2D eigenvalue weighted by molar-refractivity contribution is 5.88. The van der Waals surface area contributed by atoms with Crippen molar-refractivity contribution in [2.45, 2.75) is 84.4 Å². The minimum Gasteiger partial charge on any atom is -0.391 e. The fourth-order valence-electron chi connectivity index (χ4n) is 3.55. The molecular formula is C19H34N2O2. The number of nitrogens with zero attached hydrogens (tertiary/aromatic N) is 1. The molecule has 23 heavy (non-hydrogen) atoms. The predicted molar refractivity (Wildman–Crippen MR) is 94.2 cm³/mol. The van der Waals surface area contributed by atoms with E-state index in [1.807, 2.05) is 6.92 Å². The van der Waals surface area contributed by atoms with Crippen molar-refractivity contribution >= 4 is 5.91 Å². The maximum Gasteiger partial charge on any atom is 0.244 e. The molecule has 0 bridgehead atoms. The van der Waals surface area contributed by atoms with Gasteiger partial charge in [0.1, 0.15) is 0 Å². The number of amides is 1. The first kappa shape index (κ1) is 18.5. The number of rotatable bonds is 3. The summed E-state index contributed by atoms with van der Waals surface area (Å²) in [7, 11) is 0. The zero-order valence-corrected chi connectivity index (χ0v) is 15.3. The maximum atomic E-state index is 12.2. The van der Waals surface area contributed by atoms with Crippen molar-refractivity contribution in [3.8, 4) is 0 Å². The number of hydrogen-bond donors (Lipinski definition) is 2. The molecule has 0 spiro atoms. The van der Waals surface area contributed by atoms with Gasteiger partial charge in [-0.1, -0.05) is 39.2 Å². The fourth-order valence-corrected chi connectivity index (χ4v) is 3.55. The molecule has 4 nitrogen and oxygen atoms in total. The highest BCUT2D eigenvalue weighted by Crippen LogP contribution is 2.26. The van der Waals surface area contributed by atoms with Crippen LogP contribution in [0.2, 0.25) is 0 Å². The van der Waals surface area contributed by atoms with Gasteiger partial charge in [0.25, 0.3) is 0 Å². The van der Waals surface area contributed by atoms with Crippen molar-refractivity contribution in [2.24, 2.45) is 5.41 Å². The Hall–Kier alpha value is -0.870. The summed E-state index contributed by atoms with van der Waals surface area (Å²) in [5.41, 5.74) is 1.15. The van der Waals surface area contributed by atoms with Crippen LogP contribution in [-0.2, 0) is 4.79 Å². The number of allylic oxidation sites excluding steroid dienone is 1. The third-order valence-electron chi connectivity index (χ3n) is 5.57. The van der Waals surface area contributed by atoms with Crippen LogP contribution in [0, 0.1) is 5.41 Å². The van der Waals surface area contributed by atoms with Crippen molar-refractivity contribution in [1.82, 2.24) is 10.2 Å². The van der Waals surface area contributed by atoms with E-state index < -0.39 is 0 Å². The molecule has 1 aliphatic heterocycles. The number of aliphatic hydroxyl groups is 1. The second-order valence-electron chi connectivity index (χ2n) is 8.32. The minimum absolute atomic E-state index is 0.0357. The Labute approximate surface area is 141 Å². The molecule has 2 N–H and O–H groups in total. The summed E-state index contributed by atoms with van der Waals surface area (Å²) < 4.78 is 0. The Morgan fingerprint density at radius 3 is 2.30 bits per heavy atom. The first-order chi connectivity index (χ1) is 10.8. The average Bonchev–Trinajstić information content (AvgIpc) is 2.47. The van der Waals surface area contributed by atoms with Crippen molar-refractivity contribution in [3.63, 3.8) is 0 Å². The molecule has 1 saturated carbocycles. The van der Waals surface area contributed by atoms with Crippen molar-refractivity contribution in [1.29, 1.82) is 0 Å². The minimum atomic E-state index is -0.160. The van der Waals surface area contributed by atoms with Crippen LogP contribution in [0.1, 0.15) is 66.2 Å². The van der Waals surface area contributed by atoms with Crippen LogP contribution in [0.25, 0.3) is 0 Å². The van der Waals surface area contributed by atoms with Gasteiger partial charge in [0.05, 0.1) is 6.10 Å². The Kier molecular flexibility index (Phi) is 6.26. The summed E-state index contributed by atoms with van der Waals surface area (Å²) >= 11 is 0. The molecule has 1 saturated heterocycles. The van der Waals surface area contributed by atoms with E-state index in [0.717, 1.165) is 50.8 Å². The van der Waals surface area contributed by atoms with E-state index in [2.05, 4.69) is 31.0 Å². The average molecular weight is 322 g/mol. The fraction of sp³-hybridized carbons (Fsp3) is 0.842. The molecule has 4 heteroatoms. The van der Waals surface area contributed by atoms with E-state index in [4.69, 9.17) is 0 Å². The summed E-state index contributed by atoms with van der Waals surface area (Å²) in [6, 6.07) is 0.604. The third-order valence-corrected chi connectivity index (χ3v) is 5.57. The molecule has 1 amide bonds. The van der Waals surface area contributed by atoms with Crippen LogP contribution < -0.4 is 5.32 Å². The van der Waals surface area contributed by atoms with Crippen LogP contribution >= 0.6 is 0 Å². The summed E-state index contributed by atoms with van der Waals surface area (Å²) in [5.74, 6) is 0.0357. The monoisotopic (exact) mass is 322 g/mol. The predicted octanol–water partition coefficient (Wildman–Crippen LogP) is 2.86. The number of hydrogen-bond acceptors (Lipinski definition) is 3. The van der Waals surface area contributed by atoms with Gasteiger partial charge < -0.3 is 10.4 Å². The van der Waals surface area contributed by atoms with Crippen molar-refractivity contribution in [2.75, 3.05) is 13.1 Å². The second-order valence-corrected chi connectivity index (χ2v) is 8.32. The van der Waals surface area contributed by atoms with Crippen LogP contribution in [-0.4, -0.2) is 47.2 Å². The Morgan fingerprint density at radius 1 is 1.13 bits per heavy atom. The van der Waals surface area contributed by atoms with Crippen LogP contribution in [0.15, 0.2) is 11.6 Å². The lowest BCUT2D eigenvalue weighted by Crippen LogP contribution is -2.52. The number of likely N-dealkylation sites (tertiary alicyclic amines) is 1. The lowest BCUT2D eigenvalue weighted by atomic mass is 9.87. The summed E-state index contributed by atoms with van der Waals surface area (Å²) in [6.45, 7) is 10.4. The van der Waals surface area contributed by atoms with E-state index in [-0.39, 0.29) is 23.5 Å². The van der Waals surface area contributed by atoms with Gasteiger partial charge in [-0.3, -0.25) is 9.69 Å². The van der Waals surface area contributed by atoms with Crippen LogP contribution in [0.3, 0.4) is 0 Å². The number of carbonyl (C=O) groups excluding carboxylic acids is 1. The number of aliphatic hydroxyl groups excluding tert-OH is 1. The van der Waals surface area contributed by atoms with Gasteiger partial charge in [-0.25, -0.2) is 0 Å². The molecular weight excluding hydrogens is 288 g/mol. The lowest BCUT2D eigenvalue weighted by Gasteiger charge is -2.41. The van der Waals surface area contributed by atoms with Gasteiger partial charge in [0, 0.05) is 31.2 Å². The molecule has 0 aromatic rings. The smallest absolute Gasteiger partial charge is 0.244 e. The largest absolute Gasteiger partial charge is 0.391 e.